The van der Waals surface area contributed by atoms with Crippen molar-refractivity contribution in [3.63, 3.8) is 0 Å². The lowest BCUT2D eigenvalue weighted by atomic mass is 10.1. The Morgan fingerprint density at radius 1 is 1.14 bits per heavy atom. The number of benzene rings is 2. The van der Waals surface area contributed by atoms with Gasteiger partial charge in [0.05, 0.1) is 4.92 Å². The third kappa shape index (κ3) is 3.64. The van der Waals surface area contributed by atoms with Crippen molar-refractivity contribution in [3.8, 4) is 0 Å². The average Bonchev–Trinajstić information content (AvgIpc) is 2.44. The Hall–Kier alpha value is -2.27. The number of hydrogen-bond acceptors (Lipinski definition) is 3. The summed E-state index contributed by atoms with van der Waals surface area (Å²) in [4.78, 5) is 10.5. The number of nitrogens with zero attached hydrogens (tertiary/aromatic N) is 1. The molecule has 21 heavy (non-hydrogen) atoms. The highest BCUT2D eigenvalue weighted by molar-refractivity contribution is 5.44. The summed E-state index contributed by atoms with van der Waals surface area (Å²) in [6.45, 7) is 4.48. The van der Waals surface area contributed by atoms with E-state index in [1.165, 1.54) is 12.1 Å². The second kappa shape index (κ2) is 6.45. The van der Waals surface area contributed by atoms with Gasteiger partial charge in [-0.2, -0.15) is 0 Å². The molecule has 0 atom stereocenters. The molecule has 0 saturated carbocycles. The Bertz CT molecular complexity index is 671. The van der Waals surface area contributed by atoms with E-state index in [-0.39, 0.29) is 16.4 Å². The van der Waals surface area contributed by atoms with Crippen molar-refractivity contribution in [2.45, 2.75) is 26.9 Å². The van der Waals surface area contributed by atoms with Crippen LogP contribution in [-0.4, -0.2) is 4.92 Å². The van der Waals surface area contributed by atoms with Gasteiger partial charge in [0.2, 0.25) is 0 Å². The third-order valence-electron chi connectivity index (χ3n) is 3.45. The Morgan fingerprint density at radius 3 is 2.57 bits per heavy atom. The normalized spacial score (nSPS) is 10.6. The fourth-order valence-corrected chi connectivity index (χ4v) is 2.23. The molecule has 2 aromatic rings. The highest BCUT2D eigenvalue weighted by Gasteiger charge is 2.12. The summed E-state index contributed by atoms with van der Waals surface area (Å²) in [6, 6.07) is 9.95. The number of nitro benzene ring substituents is 1. The summed E-state index contributed by atoms with van der Waals surface area (Å²) >= 11 is 0. The summed E-state index contributed by atoms with van der Waals surface area (Å²) in [6.07, 6.45) is 0. The number of hydrogen-bond donors (Lipinski definition) is 1. The number of nitro groups is 1. The third-order valence-corrected chi connectivity index (χ3v) is 3.45. The number of halogens is 1. The van der Waals surface area contributed by atoms with Crippen LogP contribution < -0.4 is 5.32 Å². The fourth-order valence-electron chi connectivity index (χ4n) is 2.23. The van der Waals surface area contributed by atoms with Gasteiger partial charge in [-0.05, 0) is 25.5 Å². The maximum absolute atomic E-state index is 13.6. The smallest absolute Gasteiger partial charge is 0.272 e. The molecule has 2 aromatic carbocycles. The lowest BCUT2D eigenvalue weighted by Gasteiger charge is -2.09. The van der Waals surface area contributed by atoms with E-state index in [0.717, 1.165) is 11.1 Å². The molecule has 0 bridgehead atoms. The first-order valence-electron chi connectivity index (χ1n) is 6.67. The van der Waals surface area contributed by atoms with Crippen molar-refractivity contribution in [2.24, 2.45) is 0 Å². The van der Waals surface area contributed by atoms with Crippen LogP contribution in [0.1, 0.15) is 22.3 Å². The standard InChI is InChI=1S/C16H17FN2O2/c1-11-6-7-15(17)14(8-11)10-18-9-13-4-3-5-16(12(13)2)19(20)21/h3-8,18H,9-10H2,1-2H3. The minimum absolute atomic E-state index is 0.107. The maximum atomic E-state index is 13.6. The van der Waals surface area contributed by atoms with Crippen LogP contribution in [0.5, 0.6) is 0 Å². The minimum Gasteiger partial charge on any atom is -0.308 e. The molecular formula is C16H17FN2O2. The molecule has 0 saturated heterocycles. The van der Waals surface area contributed by atoms with Crippen LogP contribution in [0.15, 0.2) is 36.4 Å². The van der Waals surface area contributed by atoms with E-state index in [2.05, 4.69) is 5.32 Å². The molecule has 1 N–H and O–H groups in total. The predicted molar refractivity (Wildman–Crippen MR) is 79.5 cm³/mol. The SMILES string of the molecule is Cc1ccc(F)c(CNCc2cccc([N+](=O)[O-])c2C)c1. The van der Waals surface area contributed by atoms with Crippen LogP contribution in [0, 0.1) is 29.8 Å². The molecule has 2 rings (SSSR count). The quantitative estimate of drug-likeness (QED) is 0.675. The van der Waals surface area contributed by atoms with E-state index in [9.17, 15) is 14.5 Å². The van der Waals surface area contributed by atoms with Crippen molar-refractivity contribution in [1.82, 2.24) is 5.32 Å². The molecule has 0 aromatic heterocycles. The van der Waals surface area contributed by atoms with Crippen LogP contribution in [0.3, 0.4) is 0 Å². The predicted octanol–water partition coefficient (Wildman–Crippen LogP) is 3.64. The van der Waals surface area contributed by atoms with Gasteiger partial charge in [0.25, 0.3) is 5.69 Å². The molecule has 0 radical (unpaired) electrons. The molecule has 4 nitrogen and oxygen atoms in total. The van der Waals surface area contributed by atoms with Crippen LogP contribution in [0.4, 0.5) is 10.1 Å². The summed E-state index contributed by atoms with van der Waals surface area (Å²) in [5.41, 5.74) is 3.19. The molecule has 0 aliphatic heterocycles. The first-order chi connectivity index (χ1) is 9.99. The van der Waals surface area contributed by atoms with Crippen molar-refractivity contribution in [1.29, 1.82) is 0 Å². The van der Waals surface area contributed by atoms with Gasteiger partial charge in [-0.3, -0.25) is 10.1 Å². The van der Waals surface area contributed by atoms with E-state index in [1.54, 1.807) is 25.1 Å². The largest absolute Gasteiger partial charge is 0.308 e. The Kier molecular flexibility index (Phi) is 4.65. The molecule has 5 heteroatoms. The summed E-state index contributed by atoms with van der Waals surface area (Å²) < 4.78 is 13.6. The van der Waals surface area contributed by atoms with Gasteiger partial charge in [0.15, 0.2) is 0 Å². The van der Waals surface area contributed by atoms with Crippen LogP contribution in [-0.2, 0) is 13.1 Å². The van der Waals surface area contributed by atoms with E-state index >= 15 is 0 Å². The first-order valence-corrected chi connectivity index (χ1v) is 6.67. The average molecular weight is 288 g/mol. The van der Waals surface area contributed by atoms with Crippen LogP contribution >= 0.6 is 0 Å². The van der Waals surface area contributed by atoms with Gasteiger partial charge in [-0.15, -0.1) is 0 Å². The number of aryl methyl sites for hydroxylation is 1. The van der Waals surface area contributed by atoms with E-state index < -0.39 is 0 Å². The van der Waals surface area contributed by atoms with Crippen molar-refractivity contribution >= 4 is 5.69 Å². The van der Waals surface area contributed by atoms with E-state index in [1.807, 2.05) is 13.0 Å². The molecule has 0 heterocycles. The van der Waals surface area contributed by atoms with Crippen molar-refractivity contribution in [3.05, 3.63) is 74.6 Å². The summed E-state index contributed by atoms with van der Waals surface area (Å²) in [7, 11) is 0. The molecule has 0 unspecified atom stereocenters. The highest BCUT2D eigenvalue weighted by atomic mass is 19.1. The number of nitrogens with one attached hydrogen (secondary N) is 1. The van der Waals surface area contributed by atoms with Crippen LogP contribution in [0.2, 0.25) is 0 Å². The second-order valence-electron chi connectivity index (χ2n) is 5.02. The Morgan fingerprint density at radius 2 is 1.86 bits per heavy atom. The Labute approximate surface area is 122 Å². The molecule has 0 fully saturated rings. The zero-order chi connectivity index (χ0) is 15.4. The van der Waals surface area contributed by atoms with Gasteiger partial charge < -0.3 is 5.32 Å². The van der Waals surface area contributed by atoms with Crippen molar-refractivity contribution in [2.75, 3.05) is 0 Å². The maximum Gasteiger partial charge on any atom is 0.272 e. The zero-order valence-corrected chi connectivity index (χ0v) is 12.0. The lowest BCUT2D eigenvalue weighted by Crippen LogP contribution is -2.15. The summed E-state index contributed by atoms with van der Waals surface area (Å²) in [5, 5.41) is 14.0. The molecule has 0 aliphatic rings. The van der Waals surface area contributed by atoms with Gasteiger partial charge in [0.1, 0.15) is 5.82 Å². The van der Waals surface area contributed by atoms with Crippen molar-refractivity contribution < 1.29 is 9.31 Å². The van der Waals surface area contributed by atoms with Gasteiger partial charge >= 0.3 is 0 Å². The number of rotatable bonds is 5. The Balaban J connectivity index is 2.05. The van der Waals surface area contributed by atoms with Gasteiger partial charge in [-0.25, -0.2) is 4.39 Å². The lowest BCUT2D eigenvalue weighted by molar-refractivity contribution is -0.385. The molecule has 110 valence electrons. The minimum atomic E-state index is -0.390. The zero-order valence-electron chi connectivity index (χ0n) is 12.0. The first kappa shape index (κ1) is 15.1. The molecule has 0 aliphatic carbocycles. The fraction of sp³-hybridized carbons (Fsp3) is 0.250. The van der Waals surface area contributed by atoms with Gasteiger partial charge in [0, 0.05) is 30.3 Å². The molecule has 0 amide bonds. The monoisotopic (exact) mass is 288 g/mol. The van der Waals surface area contributed by atoms with E-state index in [4.69, 9.17) is 0 Å². The molecule has 0 spiro atoms. The molecular weight excluding hydrogens is 271 g/mol. The van der Waals surface area contributed by atoms with Gasteiger partial charge in [-0.1, -0.05) is 29.8 Å². The van der Waals surface area contributed by atoms with Crippen LogP contribution in [0.25, 0.3) is 0 Å². The highest BCUT2D eigenvalue weighted by Crippen LogP contribution is 2.21. The summed E-state index contributed by atoms with van der Waals surface area (Å²) in [5.74, 6) is -0.246. The second-order valence-corrected chi connectivity index (χ2v) is 5.02. The topological polar surface area (TPSA) is 55.2 Å². The van der Waals surface area contributed by atoms with E-state index in [0.29, 0.717) is 24.2 Å².